The summed E-state index contributed by atoms with van der Waals surface area (Å²) in [5, 5.41) is 11.7. The summed E-state index contributed by atoms with van der Waals surface area (Å²) in [6.07, 6.45) is 0.496. The van der Waals surface area contributed by atoms with Crippen molar-refractivity contribution in [1.82, 2.24) is 0 Å². The Morgan fingerprint density at radius 3 is 1.49 bits per heavy atom. The third-order valence-corrected chi connectivity index (χ3v) is 18.9. The van der Waals surface area contributed by atoms with Crippen LogP contribution in [-0.2, 0) is 4.43 Å². The van der Waals surface area contributed by atoms with E-state index in [1.54, 1.807) is 13.2 Å². The van der Waals surface area contributed by atoms with Gasteiger partial charge in [-0.15, -0.1) is 0 Å². The third-order valence-electron chi connectivity index (χ3n) is 7.08. The van der Waals surface area contributed by atoms with E-state index in [0.717, 1.165) is 27.0 Å². The van der Waals surface area contributed by atoms with Crippen molar-refractivity contribution in [2.75, 3.05) is 13.3 Å². The number of rotatable bonds is 8. The molecule has 4 aromatic carbocycles. The molecule has 0 spiro atoms. The van der Waals surface area contributed by atoms with E-state index in [4.69, 9.17) is 9.16 Å². The number of benzene rings is 4. The predicted octanol–water partition coefficient (Wildman–Crippen LogP) is 6.55. The van der Waals surface area contributed by atoms with Gasteiger partial charge in [0.2, 0.25) is 0 Å². The fourth-order valence-electron chi connectivity index (χ4n) is 4.61. The zero-order chi connectivity index (χ0) is 26.9. The zero-order valence-electron chi connectivity index (χ0n) is 22.5. The molecule has 4 rings (SSSR count). The molecule has 0 aromatic heterocycles. The monoisotopic (exact) mass is 594 g/mol. The van der Waals surface area contributed by atoms with Crippen LogP contribution < -0.4 is 26.0 Å². The Hall–Kier alpha value is -2.43. The first-order valence-electron chi connectivity index (χ1n) is 12.4. The van der Waals surface area contributed by atoms with E-state index >= 15 is 0 Å². The molecule has 37 heavy (non-hydrogen) atoms. The number of halogens is 1. The van der Waals surface area contributed by atoms with Crippen molar-refractivity contribution in [3.8, 4) is 11.5 Å². The van der Waals surface area contributed by atoms with Gasteiger partial charge in [0, 0.05) is 0 Å². The van der Waals surface area contributed by atoms with Gasteiger partial charge in [-0.1, -0.05) is 0 Å². The van der Waals surface area contributed by atoms with Gasteiger partial charge in [-0.05, 0) is 0 Å². The van der Waals surface area contributed by atoms with Gasteiger partial charge in [0.25, 0.3) is 0 Å². The normalized spacial score (nSPS) is 13.1. The van der Waals surface area contributed by atoms with Crippen LogP contribution in [0.3, 0.4) is 0 Å². The van der Waals surface area contributed by atoms with Gasteiger partial charge in [0.05, 0.1) is 0 Å². The maximum atomic E-state index is 10.9. The Labute approximate surface area is 230 Å². The van der Waals surface area contributed by atoms with Crippen molar-refractivity contribution in [3.63, 3.8) is 0 Å². The average molecular weight is 596 g/mol. The van der Waals surface area contributed by atoms with E-state index in [1.165, 1.54) is 16.7 Å². The van der Waals surface area contributed by atoms with Crippen LogP contribution in [0.1, 0.15) is 16.7 Å². The molecule has 0 heterocycles. The van der Waals surface area contributed by atoms with E-state index in [-0.39, 0.29) is 5.75 Å². The van der Waals surface area contributed by atoms with Crippen molar-refractivity contribution in [2.45, 2.75) is 33.9 Å². The van der Waals surface area contributed by atoms with Crippen LogP contribution in [0.2, 0.25) is 13.1 Å². The summed E-state index contributed by atoms with van der Waals surface area (Å²) in [6.45, 7) is 10.6. The van der Waals surface area contributed by atoms with Crippen molar-refractivity contribution < 1.29 is 14.3 Å². The molecule has 0 saturated heterocycles. The minimum atomic E-state index is -3.58. The van der Waals surface area contributed by atoms with Crippen LogP contribution >= 0.6 is 20.8 Å². The summed E-state index contributed by atoms with van der Waals surface area (Å²) >= 11 is 4.54. The summed E-state index contributed by atoms with van der Waals surface area (Å²) in [7, 11) is -0.273. The van der Waals surface area contributed by atoms with Crippen LogP contribution in [0.5, 0.6) is 11.5 Å². The van der Waals surface area contributed by atoms with Crippen LogP contribution in [0.15, 0.2) is 91.0 Å². The Bertz CT molecular complexity index is 1270. The van der Waals surface area contributed by atoms with Crippen molar-refractivity contribution >= 4 is 50.3 Å². The van der Waals surface area contributed by atoms with Crippen molar-refractivity contribution in [2.24, 2.45) is 0 Å². The molecular weight excluding hydrogens is 559 g/mol. The van der Waals surface area contributed by atoms with Gasteiger partial charge in [-0.2, -0.15) is 0 Å². The molecule has 194 valence electrons. The van der Waals surface area contributed by atoms with Crippen molar-refractivity contribution in [3.05, 3.63) is 108 Å². The quantitative estimate of drug-likeness (QED) is 0.186. The second kappa shape index (κ2) is 10.4. The number of ether oxygens (including phenoxy) is 1. The second-order valence-electron chi connectivity index (χ2n) is 10.4. The van der Waals surface area contributed by atoms with E-state index in [0.29, 0.717) is 6.23 Å². The molecule has 0 aliphatic heterocycles. The number of hydrogen-bond donors (Lipinski definition) is 1. The molecule has 0 aliphatic carbocycles. The van der Waals surface area contributed by atoms with Crippen LogP contribution in [0.4, 0.5) is 0 Å². The van der Waals surface area contributed by atoms with Crippen molar-refractivity contribution in [1.29, 1.82) is 0 Å². The molecule has 6 heteroatoms. The van der Waals surface area contributed by atoms with Gasteiger partial charge in [-0.25, -0.2) is 0 Å². The number of hydrogen-bond acceptors (Lipinski definition) is 3. The van der Waals surface area contributed by atoms with Crippen LogP contribution in [0.25, 0.3) is 0 Å². The number of aromatic hydroxyl groups is 1. The van der Waals surface area contributed by atoms with Gasteiger partial charge in [0.1, 0.15) is 0 Å². The summed E-state index contributed by atoms with van der Waals surface area (Å²) in [5.41, 5.74) is 3.57. The van der Waals surface area contributed by atoms with Gasteiger partial charge >= 0.3 is 231 Å². The fraction of sp³-hybridized carbons (Fsp3) is 0.226. The Morgan fingerprint density at radius 2 is 1.11 bits per heavy atom. The molecule has 0 saturated carbocycles. The molecule has 0 aliphatic rings. The van der Waals surface area contributed by atoms with Gasteiger partial charge in [0.15, 0.2) is 0 Å². The van der Waals surface area contributed by atoms with Crippen LogP contribution in [0, 0.1) is 20.8 Å². The third kappa shape index (κ3) is 5.03. The summed E-state index contributed by atoms with van der Waals surface area (Å²) in [6, 6.07) is 31.7. The van der Waals surface area contributed by atoms with E-state index < -0.39 is 13.6 Å². The number of phenols is 1. The first-order valence-corrected chi connectivity index (χ1v) is 19.8. The summed E-state index contributed by atoms with van der Waals surface area (Å²) < 4.78 is 12.4. The molecule has 0 unspecified atom stereocenters. The second-order valence-corrected chi connectivity index (χ2v) is 22.9. The SMILES string of the molecule is CO[Si](C)(C)COc1ccc(O)cc1P(Br)(c1ccc(C)cc1)(c1ccc(C)cc1)c1ccc(C)cc1. The minimum absolute atomic E-state index is 0.199. The van der Waals surface area contributed by atoms with E-state index in [1.807, 2.05) is 12.1 Å². The molecule has 0 atom stereocenters. The Morgan fingerprint density at radius 1 is 0.703 bits per heavy atom. The fourth-order valence-corrected chi connectivity index (χ4v) is 13.0. The molecule has 4 aromatic rings. The standard InChI is InChI=1S/C31H36BrO3PSi/c1-23-7-14-27(15-8-23)36(32,28-16-9-24(2)10-17-28,29-18-11-25(3)12-19-29)31-21-26(33)13-20-30(31)35-22-37(5,6)34-4/h7-21,33H,22H2,1-6H3. The molecule has 0 amide bonds. The number of phenolic OH excluding ortho intramolecular Hbond substituents is 1. The Balaban J connectivity index is 2.17. The van der Waals surface area contributed by atoms with E-state index in [2.05, 4.69) is 122 Å². The molecular formula is C31H36BrO3PSi. The first kappa shape index (κ1) is 27.6. The summed E-state index contributed by atoms with van der Waals surface area (Å²) in [5.74, 6) is 0.942. The topological polar surface area (TPSA) is 38.7 Å². The van der Waals surface area contributed by atoms with Crippen LogP contribution in [-0.4, -0.2) is 26.8 Å². The molecule has 1 N–H and O–H groups in total. The zero-order valence-corrected chi connectivity index (χ0v) is 25.9. The first-order chi connectivity index (χ1) is 17.5. The number of aryl methyl sites for hydroxylation is 3. The van der Waals surface area contributed by atoms with Gasteiger partial charge < -0.3 is 0 Å². The molecule has 0 bridgehead atoms. The molecule has 3 nitrogen and oxygen atoms in total. The maximum absolute atomic E-state index is 10.9. The molecule has 0 fully saturated rings. The average Bonchev–Trinajstić information content (AvgIpc) is 2.89. The molecule has 0 radical (unpaired) electrons. The predicted molar refractivity (Wildman–Crippen MR) is 166 cm³/mol. The summed E-state index contributed by atoms with van der Waals surface area (Å²) in [4.78, 5) is 0. The van der Waals surface area contributed by atoms with E-state index in [9.17, 15) is 5.11 Å². The Kier molecular flexibility index (Phi) is 7.74. The van der Waals surface area contributed by atoms with Gasteiger partial charge in [-0.3, -0.25) is 0 Å².